The largest absolute Gasteiger partial charge is 0.369 e. The SMILES string of the molecule is NC(=O)C1CCN(C(=O)c2ccc3c(-c4nc5ccccc5[nH]4)n[nH]c3c2)CC1. The lowest BCUT2D eigenvalue weighted by Gasteiger charge is -2.30. The molecular formula is C21H20N6O2. The molecule has 0 spiro atoms. The van der Waals surface area contributed by atoms with Gasteiger partial charge in [0, 0.05) is 30.0 Å². The lowest BCUT2D eigenvalue weighted by molar-refractivity contribution is -0.123. The smallest absolute Gasteiger partial charge is 0.253 e. The molecule has 1 fully saturated rings. The molecule has 5 rings (SSSR count). The number of carbonyl (C=O) groups is 2. The number of aromatic nitrogens is 4. The Morgan fingerprint density at radius 1 is 1.07 bits per heavy atom. The molecule has 0 aliphatic carbocycles. The molecule has 0 atom stereocenters. The van der Waals surface area contributed by atoms with Gasteiger partial charge in [-0.25, -0.2) is 4.98 Å². The van der Waals surface area contributed by atoms with Crippen molar-refractivity contribution >= 4 is 33.8 Å². The average Bonchev–Trinajstić information content (AvgIpc) is 3.36. The molecule has 146 valence electrons. The van der Waals surface area contributed by atoms with Gasteiger partial charge in [0.05, 0.1) is 16.6 Å². The van der Waals surface area contributed by atoms with Crippen LogP contribution in [0.25, 0.3) is 33.5 Å². The average molecular weight is 388 g/mol. The number of piperidine rings is 1. The third-order valence-corrected chi connectivity index (χ3v) is 5.61. The topological polar surface area (TPSA) is 121 Å². The molecule has 3 heterocycles. The second-order valence-electron chi connectivity index (χ2n) is 7.40. The molecule has 2 aromatic carbocycles. The van der Waals surface area contributed by atoms with Crippen LogP contribution in [0.3, 0.4) is 0 Å². The molecule has 4 aromatic rings. The maximum absolute atomic E-state index is 12.9. The first-order valence-corrected chi connectivity index (χ1v) is 9.62. The van der Waals surface area contributed by atoms with E-state index in [0.717, 1.165) is 27.6 Å². The molecule has 1 saturated heterocycles. The molecule has 29 heavy (non-hydrogen) atoms. The van der Waals surface area contributed by atoms with Crippen LogP contribution >= 0.6 is 0 Å². The number of hydrogen-bond acceptors (Lipinski definition) is 4. The van der Waals surface area contributed by atoms with Crippen molar-refractivity contribution in [1.82, 2.24) is 25.1 Å². The van der Waals surface area contributed by atoms with E-state index in [0.29, 0.717) is 37.3 Å². The van der Waals surface area contributed by atoms with Crippen LogP contribution in [0.15, 0.2) is 42.5 Å². The van der Waals surface area contributed by atoms with Crippen LogP contribution in [0, 0.1) is 5.92 Å². The molecule has 0 saturated carbocycles. The fourth-order valence-corrected chi connectivity index (χ4v) is 3.95. The number of rotatable bonds is 3. The highest BCUT2D eigenvalue weighted by atomic mass is 16.2. The monoisotopic (exact) mass is 388 g/mol. The number of fused-ring (bicyclic) bond motifs is 2. The summed E-state index contributed by atoms with van der Waals surface area (Å²) in [4.78, 5) is 33.9. The number of carbonyl (C=O) groups excluding carboxylic acids is 2. The summed E-state index contributed by atoms with van der Waals surface area (Å²) in [5.41, 5.74) is 9.29. The Labute approximate surface area is 166 Å². The standard InChI is InChI=1S/C21H20N6O2/c22-19(28)12-7-9-27(10-8-12)21(29)13-5-6-14-17(11-13)25-26-18(14)20-23-15-3-1-2-4-16(15)24-20/h1-6,11-12H,7-10H2,(H2,22,28)(H,23,24)(H,25,26). The summed E-state index contributed by atoms with van der Waals surface area (Å²) in [7, 11) is 0. The summed E-state index contributed by atoms with van der Waals surface area (Å²) >= 11 is 0. The van der Waals surface area contributed by atoms with Gasteiger partial charge in [0.25, 0.3) is 5.91 Å². The number of likely N-dealkylation sites (tertiary alicyclic amines) is 1. The van der Waals surface area contributed by atoms with E-state index in [-0.39, 0.29) is 17.7 Å². The highest BCUT2D eigenvalue weighted by molar-refractivity contribution is 6.00. The van der Waals surface area contributed by atoms with Gasteiger partial charge in [0.1, 0.15) is 5.69 Å². The molecule has 8 heteroatoms. The zero-order chi connectivity index (χ0) is 20.0. The van der Waals surface area contributed by atoms with Crippen molar-refractivity contribution in [1.29, 1.82) is 0 Å². The van der Waals surface area contributed by atoms with Gasteiger partial charge in [-0.15, -0.1) is 0 Å². The molecule has 0 radical (unpaired) electrons. The zero-order valence-corrected chi connectivity index (χ0v) is 15.7. The number of nitrogens with two attached hydrogens (primary N) is 1. The third kappa shape index (κ3) is 3.02. The van der Waals surface area contributed by atoms with E-state index in [1.807, 2.05) is 42.5 Å². The Balaban J connectivity index is 1.42. The maximum Gasteiger partial charge on any atom is 0.253 e. The first-order chi connectivity index (χ1) is 14.1. The van der Waals surface area contributed by atoms with E-state index in [1.165, 1.54) is 0 Å². The Morgan fingerprint density at radius 3 is 2.62 bits per heavy atom. The molecule has 2 aromatic heterocycles. The van der Waals surface area contributed by atoms with E-state index >= 15 is 0 Å². The summed E-state index contributed by atoms with van der Waals surface area (Å²) in [6.45, 7) is 1.08. The number of hydrogen-bond donors (Lipinski definition) is 3. The Morgan fingerprint density at radius 2 is 1.86 bits per heavy atom. The van der Waals surface area contributed by atoms with Gasteiger partial charge in [-0.3, -0.25) is 14.7 Å². The Hall–Kier alpha value is -3.68. The number of primary amides is 1. The minimum absolute atomic E-state index is 0.0466. The van der Waals surface area contributed by atoms with Gasteiger partial charge in [-0.1, -0.05) is 12.1 Å². The predicted molar refractivity (Wildman–Crippen MR) is 109 cm³/mol. The van der Waals surface area contributed by atoms with Gasteiger partial charge in [0.2, 0.25) is 5.91 Å². The van der Waals surface area contributed by atoms with Crippen LogP contribution in [0.5, 0.6) is 0 Å². The van der Waals surface area contributed by atoms with E-state index < -0.39 is 0 Å². The van der Waals surface area contributed by atoms with Crippen LogP contribution in [0.4, 0.5) is 0 Å². The number of para-hydroxylation sites is 2. The number of nitrogens with one attached hydrogen (secondary N) is 2. The van der Waals surface area contributed by atoms with Gasteiger partial charge in [-0.05, 0) is 43.2 Å². The Kier molecular flexibility index (Phi) is 4.04. The van der Waals surface area contributed by atoms with E-state index in [1.54, 1.807) is 4.90 Å². The second-order valence-corrected chi connectivity index (χ2v) is 7.40. The highest BCUT2D eigenvalue weighted by Crippen LogP contribution is 2.27. The molecule has 8 nitrogen and oxygen atoms in total. The summed E-state index contributed by atoms with van der Waals surface area (Å²) in [5.74, 6) is 0.217. The summed E-state index contributed by atoms with van der Waals surface area (Å²) < 4.78 is 0. The number of H-pyrrole nitrogens is 2. The highest BCUT2D eigenvalue weighted by Gasteiger charge is 2.26. The van der Waals surface area contributed by atoms with Gasteiger partial charge < -0.3 is 15.6 Å². The lowest BCUT2D eigenvalue weighted by atomic mass is 9.96. The van der Waals surface area contributed by atoms with Crippen molar-refractivity contribution in [3.8, 4) is 11.5 Å². The van der Waals surface area contributed by atoms with Gasteiger partial charge in [-0.2, -0.15) is 5.10 Å². The van der Waals surface area contributed by atoms with E-state index in [4.69, 9.17) is 5.73 Å². The van der Waals surface area contributed by atoms with Gasteiger partial charge >= 0.3 is 0 Å². The van der Waals surface area contributed by atoms with Crippen molar-refractivity contribution in [3.05, 3.63) is 48.0 Å². The van der Waals surface area contributed by atoms with Gasteiger partial charge in [0.15, 0.2) is 5.82 Å². The molecular weight excluding hydrogens is 368 g/mol. The van der Waals surface area contributed by atoms with Crippen molar-refractivity contribution in [2.75, 3.05) is 13.1 Å². The molecule has 4 N–H and O–H groups in total. The quantitative estimate of drug-likeness (QED) is 0.499. The minimum Gasteiger partial charge on any atom is -0.369 e. The van der Waals surface area contributed by atoms with Crippen LogP contribution in [-0.2, 0) is 4.79 Å². The maximum atomic E-state index is 12.9. The van der Waals surface area contributed by atoms with Crippen LogP contribution < -0.4 is 5.73 Å². The third-order valence-electron chi connectivity index (χ3n) is 5.61. The molecule has 0 bridgehead atoms. The fraction of sp³-hybridized carbons (Fsp3) is 0.238. The van der Waals surface area contributed by atoms with E-state index in [2.05, 4.69) is 20.2 Å². The number of aromatic amines is 2. The van der Waals surface area contributed by atoms with Crippen LogP contribution in [0.2, 0.25) is 0 Å². The first kappa shape index (κ1) is 17.4. The summed E-state index contributed by atoms with van der Waals surface area (Å²) in [5, 5.41) is 8.31. The summed E-state index contributed by atoms with van der Waals surface area (Å²) in [6, 6.07) is 13.3. The minimum atomic E-state index is -0.283. The Bertz CT molecular complexity index is 1200. The number of amides is 2. The van der Waals surface area contributed by atoms with Crippen molar-refractivity contribution in [2.45, 2.75) is 12.8 Å². The molecule has 1 aliphatic rings. The number of benzene rings is 2. The molecule has 2 amide bonds. The van der Waals surface area contributed by atoms with Crippen molar-refractivity contribution < 1.29 is 9.59 Å². The molecule has 1 aliphatic heterocycles. The first-order valence-electron chi connectivity index (χ1n) is 9.62. The van der Waals surface area contributed by atoms with E-state index in [9.17, 15) is 9.59 Å². The second kappa shape index (κ2) is 6.73. The van der Waals surface area contributed by atoms with Crippen LogP contribution in [-0.4, -0.2) is 50.0 Å². The number of imidazole rings is 1. The summed E-state index contributed by atoms with van der Waals surface area (Å²) in [6.07, 6.45) is 1.23. The molecule has 0 unspecified atom stereocenters. The van der Waals surface area contributed by atoms with Crippen LogP contribution in [0.1, 0.15) is 23.2 Å². The normalized spacial score (nSPS) is 15.2. The fourth-order valence-electron chi connectivity index (χ4n) is 3.95. The van der Waals surface area contributed by atoms with Crippen molar-refractivity contribution in [3.63, 3.8) is 0 Å². The number of nitrogens with zero attached hydrogens (tertiary/aromatic N) is 3. The lowest BCUT2D eigenvalue weighted by Crippen LogP contribution is -2.41. The van der Waals surface area contributed by atoms with Crippen molar-refractivity contribution in [2.24, 2.45) is 11.7 Å². The predicted octanol–water partition coefficient (Wildman–Crippen LogP) is 2.44. The zero-order valence-electron chi connectivity index (χ0n) is 15.7.